The molecule has 2 rings (SSSR count). The van der Waals surface area contributed by atoms with Crippen molar-refractivity contribution < 1.29 is 23.1 Å². The summed E-state index contributed by atoms with van der Waals surface area (Å²) in [4.78, 5) is 14.7. The van der Waals surface area contributed by atoms with Gasteiger partial charge in [-0.1, -0.05) is 12.1 Å². The number of aromatic nitrogens is 1. The van der Waals surface area contributed by atoms with Crippen LogP contribution >= 0.6 is 0 Å². The third-order valence-electron chi connectivity index (χ3n) is 2.73. The monoisotopic (exact) mass is 322 g/mol. The number of aliphatic carboxylic acids is 1. The van der Waals surface area contributed by atoms with E-state index in [1.165, 1.54) is 37.4 Å². The first-order valence-corrected chi connectivity index (χ1v) is 7.73. The molecule has 0 aliphatic rings. The summed E-state index contributed by atoms with van der Waals surface area (Å²) in [5.41, 5.74) is 0.262. The van der Waals surface area contributed by atoms with Crippen LogP contribution in [0.2, 0.25) is 0 Å². The van der Waals surface area contributed by atoms with Crippen LogP contribution in [0.15, 0.2) is 47.4 Å². The predicted octanol–water partition coefficient (Wildman–Crippen LogP) is 1.52. The molecule has 1 aromatic heterocycles. The van der Waals surface area contributed by atoms with Gasteiger partial charge in [-0.15, -0.1) is 0 Å². The van der Waals surface area contributed by atoms with Crippen molar-refractivity contribution in [1.82, 2.24) is 4.98 Å². The Hall–Kier alpha value is -2.61. The number of nitrogens with zero attached hydrogens (tertiary/aromatic N) is 1. The van der Waals surface area contributed by atoms with Crippen molar-refractivity contribution in [2.24, 2.45) is 0 Å². The van der Waals surface area contributed by atoms with Crippen molar-refractivity contribution in [3.8, 4) is 5.75 Å². The number of ether oxygens (including phenoxy) is 1. The van der Waals surface area contributed by atoms with Crippen LogP contribution in [0.1, 0.15) is 5.69 Å². The summed E-state index contributed by atoms with van der Waals surface area (Å²) >= 11 is 0. The van der Waals surface area contributed by atoms with Crippen molar-refractivity contribution in [2.75, 3.05) is 11.8 Å². The second-order valence-electron chi connectivity index (χ2n) is 4.37. The highest BCUT2D eigenvalue weighted by Gasteiger charge is 2.16. The number of pyridine rings is 1. The zero-order chi connectivity index (χ0) is 16.2. The molecule has 0 atom stereocenters. The maximum Gasteiger partial charge on any atom is 0.309 e. The Kier molecular flexibility index (Phi) is 4.62. The molecule has 0 aliphatic carbocycles. The van der Waals surface area contributed by atoms with Crippen LogP contribution in [0.3, 0.4) is 0 Å². The molecule has 0 spiro atoms. The maximum atomic E-state index is 12.3. The van der Waals surface area contributed by atoms with Crippen molar-refractivity contribution in [2.45, 2.75) is 11.3 Å². The van der Waals surface area contributed by atoms with E-state index >= 15 is 0 Å². The smallest absolute Gasteiger partial charge is 0.309 e. The van der Waals surface area contributed by atoms with Crippen LogP contribution in [0, 0.1) is 0 Å². The first-order chi connectivity index (χ1) is 10.4. The summed E-state index contributed by atoms with van der Waals surface area (Å²) in [6.07, 6.45) is -0.283. The zero-order valence-corrected chi connectivity index (χ0v) is 12.5. The van der Waals surface area contributed by atoms with Crippen molar-refractivity contribution >= 4 is 21.8 Å². The highest BCUT2D eigenvalue weighted by molar-refractivity contribution is 7.92. The fraction of sp³-hybridized carbons (Fsp3) is 0.143. The van der Waals surface area contributed by atoms with E-state index in [4.69, 9.17) is 9.84 Å². The maximum absolute atomic E-state index is 12.3. The largest absolute Gasteiger partial charge is 0.497 e. The van der Waals surface area contributed by atoms with Gasteiger partial charge in [0.15, 0.2) is 0 Å². The minimum absolute atomic E-state index is 0.0253. The van der Waals surface area contributed by atoms with E-state index in [0.717, 1.165) is 0 Å². The molecule has 2 aromatic rings. The molecule has 0 saturated carbocycles. The van der Waals surface area contributed by atoms with Gasteiger partial charge in [-0.25, -0.2) is 13.4 Å². The average Bonchev–Trinajstić information content (AvgIpc) is 2.46. The molecule has 0 unspecified atom stereocenters. The number of carboxylic acid groups (broad SMARTS) is 1. The first-order valence-electron chi connectivity index (χ1n) is 6.25. The van der Waals surface area contributed by atoms with Gasteiger partial charge in [0, 0.05) is 6.07 Å². The average molecular weight is 322 g/mol. The standard InChI is InChI=1S/C14H14N2O5S/c1-21-11-5-3-6-12(9-11)22(19,20)16-13-7-2-4-10(15-13)8-14(17)18/h2-7,9H,8H2,1H3,(H,15,16)(H,17,18). The number of methoxy groups -OCH3 is 1. The summed E-state index contributed by atoms with van der Waals surface area (Å²) in [5, 5.41) is 8.73. The Balaban J connectivity index is 2.26. The van der Waals surface area contributed by atoms with Gasteiger partial charge < -0.3 is 9.84 Å². The molecule has 7 nitrogen and oxygen atoms in total. The lowest BCUT2D eigenvalue weighted by Gasteiger charge is -2.09. The number of carboxylic acids is 1. The van der Waals surface area contributed by atoms with Gasteiger partial charge in [0.25, 0.3) is 10.0 Å². The van der Waals surface area contributed by atoms with Gasteiger partial charge >= 0.3 is 5.97 Å². The molecular formula is C14H14N2O5S. The van der Waals surface area contributed by atoms with Crippen molar-refractivity contribution in [3.05, 3.63) is 48.2 Å². The van der Waals surface area contributed by atoms with Gasteiger partial charge in [0.2, 0.25) is 0 Å². The lowest BCUT2D eigenvalue weighted by Crippen LogP contribution is -2.14. The third-order valence-corrected chi connectivity index (χ3v) is 4.08. The fourth-order valence-corrected chi connectivity index (χ4v) is 2.79. The molecule has 116 valence electrons. The lowest BCUT2D eigenvalue weighted by atomic mass is 10.3. The number of hydrogen-bond acceptors (Lipinski definition) is 5. The topological polar surface area (TPSA) is 106 Å². The van der Waals surface area contributed by atoms with E-state index in [9.17, 15) is 13.2 Å². The van der Waals surface area contributed by atoms with E-state index < -0.39 is 16.0 Å². The Labute approximate surface area is 127 Å². The van der Waals surface area contributed by atoms with Crippen LogP contribution in [-0.2, 0) is 21.2 Å². The first kappa shape index (κ1) is 15.8. The summed E-state index contributed by atoms with van der Waals surface area (Å²) in [5.74, 6) is -0.572. The molecule has 0 fully saturated rings. The van der Waals surface area contributed by atoms with Gasteiger partial charge in [0.1, 0.15) is 11.6 Å². The molecular weight excluding hydrogens is 308 g/mol. The highest BCUT2D eigenvalue weighted by atomic mass is 32.2. The molecule has 0 saturated heterocycles. The van der Waals surface area contributed by atoms with Gasteiger partial charge in [-0.05, 0) is 24.3 Å². The number of benzene rings is 1. The lowest BCUT2D eigenvalue weighted by molar-refractivity contribution is -0.136. The number of carbonyl (C=O) groups is 1. The Bertz CT molecular complexity index is 789. The molecule has 1 heterocycles. The highest BCUT2D eigenvalue weighted by Crippen LogP contribution is 2.19. The fourth-order valence-electron chi connectivity index (χ4n) is 1.75. The Morgan fingerprint density at radius 2 is 2.00 bits per heavy atom. The normalized spacial score (nSPS) is 11.0. The van der Waals surface area contributed by atoms with Gasteiger partial charge in [-0.3, -0.25) is 9.52 Å². The van der Waals surface area contributed by atoms with E-state index in [1.54, 1.807) is 12.1 Å². The molecule has 22 heavy (non-hydrogen) atoms. The van der Waals surface area contributed by atoms with Crippen molar-refractivity contribution in [1.29, 1.82) is 0 Å². The number of nitrogens with one attached hydrogen (secondary N) is 1. The van der Waals surface area contributed by atoms with Crippen molar-refractivity contribution in [3.63, 3.8) is 0 Å². The van der Waals surface area contributed by atoms with Crippen LogP contribution in [0.4, 0.5) is 5.82 Å². The van der Waals surface area contributed by atoms with E-state index in [0.29, 0.717) is 5.75 Å². The number of anilines is 1. The van der Waals surface area contributed by atoms with Crippen LogP contribution in [0.5, 0.6) is 5.75 Å². The summed E-state index contributed by atoms with van der Waals surface area (Å²) < 4.78 is 31.9. The predicted molar refractivity (Wildman–Crippen MR) is 79.4 cm³/mol. The number of sulfonamides is 1. The number of rotatable bonds is 6. The number of hydrogen-bond donors (Lipinski definition) is 2. The summed E-state index contributed by atoms with van der Waals surface area (Å²) in [7, 11) is -2.39. The molecule has 1 aromatic carbocycles. The minimum atomic E-state index is -3.83. The zero-order valence-electron chi connectivity index (χ0n) is 11.7. The summed E-state index contributed by atoms with van der Waals surface area (Å²) in [6, 6.07) is 10.5. The molecule has 0 amide bonds. The second kappa shape index (κ2) is 6.44. The van der Waals surface area contributed by atoms with E-state index in [-0.39, 0.29) is 22.8 Å². The quantitative estimate of drug-likeness (QED) is 0.835. The Morgan fingerprint density at radius 1 is 1.27 bits per heavy atom. The molecule has 8 heteroatoms. The van der Waals surface area contributed by atoms with Crippen LogP contribution in [0.25, 0.3) is 0 Å². The van der Waals surface area contributed by atoms with Crippen LogP contribution < -0.4 is 9.46 Å². The second-order valence-corrected chi connectivity index (χ2v) is 6.05. The molecule has 2 N–H and O–H groups in total. The van der Waals surface area contributed by atoms with Crippen LogP contribution in [-0.4, -0.2) is 31.6 Å². The third kappa shape index (κ3) is 3.95. The van der Waals surface area contributed by atoms with Gasteiger partial charge in [-0.2, -0.15) is 0 Å². The molecule has 0 radical (unpaired) electrons. The van der Waals surface area contributed by atoms with E-state index in [2.05, 4.69) is 9.71 Å². The molecule has 0 aliphatic heterocycles. The minimum Gasteiger partial charge on any atom is -0.497 e. The Morgan fingerprint density at radius 3 is 2.68 bits per heavy atom. The van der Waals surface area contributed by atoms with E-state index in [1.807, 2.05) is 0 Å². The molecule has 0 bridgehead atoms. The summed E-state index contributed by atoms with van der Waals surface area (Å²) in [6.45, 7) is 0. The SMILES string of the molecule is COc1cccc(S(=O)(=O)Nc2cccc(CC(=O)O)n2)c1. The van der Waals surface area contributed by atoms with Gasteiger partial charge in [0.05, 0.1) is 24.1 Å².